The van der Waals surface area contributed by atoms with Gasteiger partial charge in [-0.15, -0.1) is 0 Å². The van der Waals surface area contributed by atoms with E-state index in [0.29, 0.717) is 29.8 Å². The molecule has 0 saturated heterocycles. The van der Waals surface area contributed by atoms with Gasteiger partial charge < -0.3 is 10.1 Å². The quantitative estimate of drug-likeness (QED) is 0.724. The molecule has 0 atom stereocenters. The second kappa shape index (κ2) is 7.87. The van der Waals surface area contributed by atoms with Gasteiger partial charge in [-0.2, -0.15) is 0 Å². The van der Waals surface area contributed by atoms with E-state index in [1.807, 2.05) is 6.08 Å². The summed E-state index contributed by atoms with van der Waals surface area (Å²) in [6.45, 7) is 2.53. The van der Waals surface area contributed by atoms with Gasteiger partial charge >= 0.3 is 0 Å². The second-order valence-corrected chi connectivity index (χ2v) is 8.51. The Morgan fingerprint density at radius 2 is 2.17 bits per heavy atom. The van der Waals surface area contributed by atoms with Crippen molar-refractivity contribution in [2.24, 2.45) is 5.92 Å². The lowest BCUT2D eigenvalue weighted by Crippen LogP contribution is -2.30. The molecule has 1 aliphatic carbocycles. The first-order chi connectivity index (χ1) is 11.5. The van der Waals surface area contributed by atoms with Gasteiger partial charge in [0.05, 0.1) is 6.61 Å². The van der Waals surface area contributed by atoms with Crippen LogP contribution >= 0.6 is 11.6 Å². The van der Waals surface area contributed by atoms with Crippen LogP contribution in [0.2, 0.25) is 5.02 Å². The molecule has 0 amide bonds. The van der Waals surface area contributed by atoms with Crippen LogP contribution < -0.4 is 14.8 Å². The third-order valence-corrected chi connectivity index (χ3v) is 6.20. The summed E-state index contributed by atoms with van der Waals surface area (Å²) in [6.07, 6.45) is 6.40. The van der Waals surface area contributed by atoms with Gasteiger partial charge in [0, 0.05) is 18.1 Å². The summed E-state index contributed by atoms with van der Waals surface area (Å²) in [5, 5.41) is 3.59. The van der Waals surface area contributed by atoms with Crippen molar-refractivity contribution < 1.29 is 13.2 Å². The number of sulfonamides is 1. The Morgan fingerprint density at radius 3 is 2.83 bits per heavy atom. The number of nitrogens with one attached hydrogen (secondary N) is 2. The van der Waals surface area contributed by atoms with E-state index in [2.05, 4.69) is 10.0 Å². The third-order valence-electron chi connectivity index (χ3n) is 4.54. The van der Waals surface area contributed by atoms with E-state index in [1.165, 1.54) is 12.5 Å². The number of ether oxygens (including phenoxy) is 1. The lowest BCUT2D eigenvalue weighted by molar-refractivity contribution is 0.177. The smallest absolute Gasteiger partial charge is 0.244 e. The van der Waals surface area contributed by atoms with Gasteiger partial charge in [0.1, 0.15) is 10.6 Å². The van der Waals surface area contributed by atoms with Gasteiger partial charge in [-0.3, -0.25) is 0 Å². The van der Waals surface area contributed by atoms with Crippen LogP contribution in [-0.2, 0) is 10.0 Å². The number of rotatable bonds is 7. The molecule has 132 valence electrons. The first-order valence-corrected chi connectivity index (χ1v) is 10.2. The largest absolute Gasteiger partial charge is 0.492 e. The molecular weight excluding hydrogens is 348 g/mol. The normalized spacial score (nSPS) is 18.8. The highest BCUT2D eigenvalue weighted by Gasteiger charge is 2.23. The van der Waals surface area contributed by atoms with Gasteiger partial charge in [-0.05, 0) is 49.9 Å². The Morgan fingerprint density at radius 1 is 1.33 bits per heavy atom. The van der Waals surface area contributed by atoms with Gasteiger partial charge in [0.15, 0.2) is 0 Å². The third kappa shape index (κ3) is 4.51. The molecule has 1 saturated carbocycles. The van der Waals surface area contributed by atoms with Crippen LogP contribution in [0, 0.1) is 5.92 Å². The zero-order valence-corrected chi connectivity index (χ0v) is 15.1. The lowest BCUT2D eigenvalue weighted by Gasteiger charge is -2.25. The standard InChI is InChI=1S/C17H23ClN2O3S/c18-15-4-5-16(23-12-14-2-1-3-14)17(10-15)24(21,22)20-11-13-6-8-19-9-7-13/h4-6,10,14,19-20H,1-3,7-9,11-12H2. The van der Waals surface area contributed by atoms with E-state index in [1.54, 1.807) is 12.1 Å². The van der Waals surface area contributed by atoms with Crippen LogP contribution in [0.4, 0.5) is 0 Å². The molecule has 3 rings (SSSR count). The van der Waals surface area contributed by atoms with Crippen molar-refractivity contribution in [1.29, 1.82) is 0 Å². The van der Waals surface area contributed by atoms with Crippen molar-refractivity contribution in [2.75, 3.05) is 26.2 Å². The van der Waals surface area contributed by atoms with E-state index in [-0.39, 0.29) is 4.90 Å². The Bertz CT molecular complexity index is 715. The fraction of sp³-hybridized carbons (Fsp3) is 0.529. The van der Waals surface area contributed by atoms with E-state index < -0.39 is 10.0 Å². The Balaban J connectivity index is 1.72. The van der Waals surface area contributed by atoms with Gasteiger partial charge in [0.2, 0.25) is 10.0 Å². The van der Waals surface area contributed by atoms with E-state index in [0.717, 1.165) is 37.9 Å². The highest BCUT2D eigenvalue weighted by atomic mass is 35.5. The minimum Gasteiger partial charge on any atom is -0.492 e. The first-order valence-electron chi connectivity index (χ1n) is 8.35. The van der Waals surface area contributed by atoms with Crippen molar-refractivity contribution in [3.63, 3.8) is 0 Å². The molecule has 24 heavy (non-hydrogen) atoms. The average molecular weight is 371 g/mol. The summed E-state index contributed by atoms with van der Waals surface area (Å²) in [6, 6.07) is 4.75. The van der Waals surface area contributed by atoms with Gasteiger partial charge in [-0.1, -0.05) is 29.7 Å². The average Bonchev–Trinajstić information content (AvgIpc) is 2.54. The Hall–Kier alpha value is -1.08. The summed E-state index contributed by atoms with van der Waals surface area (Å²) >= 11 is 6.01. The molecule has 0 radical (unpaired) electrons. The van der Waals surface area contributed by atoms with Crippen LogP contribution in [0.1, 0.15) is 25.7 Å². The minimum absolute atomic E-state index is 0.115. The monoisotopic (exact) mass is 370 g/mol. The summed E-state index contributed by atoms with van der Waals surface area (Å²) < 4.78 is 33.8. The minimum atomic E-state index is -3.67. The fourth-order valence-electron chi connectivity index (χ4n) is 2.77. The summed E-state index contributed by atoms with van der Waals surface area (Å²) in [5.74, 6) is 0.905. The number of hydrogen-bond acceptors (Lipinski definition) is 4. The Labute approximate surface area is 148 Å². The molecule has 2 N–H and O–H groups in total. The Kier molecular flexibility index (Phi) is 5.81. The maximum absolute atomic E-state index is 12.7. The highest BCUT2D eigenvalue weighted by molar-refractivity contribution is 7.89. The maximum atomic E-state index is 12.7. The SMILES string of the molecule is O=S(=O)(NCC1=CCNCC1)c1cc(Cl)ccc1OCC1CCC1. The van der Waals surface area contributed by atoms with Crippen LogP contribution in [0.25, 0.3) is 0 Å². The van der Waals surface area contributed by atoms with E-state index >= 15 is 0 Å². The molecule has 0 spiro atoms. The molecule has 0 aromatic heterocycles. The molecule has 0 bridgehead atoms. The number of benzene rings is 1. The molecule has 0 unspecified atom stereocenters. The molecule has 1 heterocycles. The second-order valence-electron chi connectivity index (χ2n) is 6.34. The van der Waals surface area contributed by atoms with Crippen LogP contribution in [-0.4, -0.2) is 34.7 Å². The molecule has 1 aromatic rings. The van der Waals surface area contributed by atoms with Crippen molar-refractivity contribution >= 4 is 21.6 Å². The lowest BCUT2D eigenvalue weighted by atomic mass is 9.86. The van der Waals surface area contributed by atoms with Gasteiger partial charge in [0.25, 0.3) is 0 Å². The molecule has 2 aliphatic rings. The predicted molar refractivity (Wildman–Crippen MR) is 95.0 cm³/mol. The summed E-state index contributed by atoms with van der Waals surface area (Å²) in [4.78, 5) is 0.115. The summed E-state index contributed by atoms with van der Waals surface area (Å²) in [5.41, 5.74) is 1.09. The van der Waals surface area contributed by atoms with Crippen LogP contribution in [0.5, 0.6) is 5.75 Å². The molecule has 7 heteroatoms. The fourth-order valence-corrected chi connectivity index (χ4v) is 4.22. The van der Waals surface area contributed by atoms with Crippen molar-refractivity contribution in [3.05, 3.63) is 34.9 Å². The zero-order chi connectivity index (χ0) is 17.0. The van der Waals surface area contributed by atoms with Crippen molar-refractivity contribution in [1.82, 2.24) is 10.0 Å². The highest BCUT2D eigenvalue weighted by Crippen LogP contribution is 2.31. The number of hydrogen-bond donors (Lipinski definition) is 2. The molecular formula is C17H23ClN2O3S. The van der Waals surface area contributed by atoms with Crippen LogP contribution in [0.3, 0.4) is 0 Å². The first kappa shape index (κ1) is 17.7. The topological polar surface area (TPSA) is 67.4 Å². The van der Waals surface area contributed by atoms with Crippen LogP contribution in [0.15, 0.2) is 34.7 Å². The van der Waals surface area contributed by atoms with Crippen molar-refractivity contribution in [2.45, 2.75) is 30.6 Å². The number of halogens is 1. The predicted octanol–water partition coefficient (Wildman–Crippen LogP) is 2.72. The van der Waals surface area contributed by atoms with E-state index in [9.17, 15) is 8.42 Å². The molecule has 1 aliphatic heterocycles. The van der Waals surface area contributed by atoms with Gasteiger partial charge in [-0.25, -0.2) is 13.1 Å². The zero-order valence-electron chi connectivity index (χ0n) is 13.6. The molecule has 1 aromatic carbocycles. The maximum Gasteiger partial charge on any atom is 0.244 e. The van der Waals surface area contributed by atoms with Crippen molar-refractivity contribution in [3.8, 4) is 5.75 Å². The van der Waals surface area contributed by atoms with E-state index in [4.69, 9.17) is 16.3 Å². The molecule has 1 fully saturated rings. The molecule has 5 nitrogen and oxygen atoms in total. The summed E-state index contributed by atoms with van der Waals surface area (Å²) in [7, 11) is -3.67.